The Morgan fingerprint density at radius 1 is 0.769 bits per heavy atom. The fraction of sp³-hybridized carbons (Fsp3) is 0.333. The molecule has 1 fully saturated rings. The predicted molar refractivity (Wildman–Crippen MR) is 95.0 cm³/mol. The lowest BCUT2D eigenvalue weighted by atomic mass is 9.84. The standard InChI is InChI=1S/C18H20N6O2/c25-13-9-23-17-11-3-1-5-21-15(11)16-12(4-2-6-22-16)18(17)24-10-14(26)20-8-7-19-13/h1-6,17-18,23-24H,7-10H2,(H,19,25)(H,20,26)/t17-,18-/m1/s1. The minimum absolute atomic E-state index is 0.110. The molecule has 0 unspecified atom stereocenters. The summed E-state index contributed by atoms with van der Waals surface area (Å²) in [4.78, 5) is 33.2. The molecule has 4 rings (SSSR count). The SMILES string of the molecule is O=C1CN[C@@H]2c3cccnc3-c3ncccc3[C@H]2NCC(=O)NCCN1. The van der Waals surface area contributed by atoms with Crippen LogP contribution in [0, 0.1) is 0 Å². The minimum atomic E-state index is -0.201. The quantitative estimate of drug-likeness (QED) is 0.517. The Kier molecular flexibility index (Phi) is 4.59. The summed E-state index contributed by atoms with van der Waals surface area (Å²) in [5.74, 6) is -0.220. The van der Waals surface area contributed by atoms with Gasteiger partial charge in [0, 0.05) is 25.5 Å². The second-order valence-electron chi connectivity index (χ2n) is 6.30. The van der Waals surface area contributed by atoms with Gasteiger partial charge in [-0.2, -0.15) is 0 Å². The van der Waals surface area contributed by atoms with E-state index in [2.05, 4.69) is 31.2 Å². The molecule has 134 valence electrons. The van der Waals surface area contributed by atoms with Gasteiger partial charge in [0.05, 0.1) is 36.6 Å². The Balaban J connectivity index is 1.76. The van der Waals surface area contributed by atoms with E-state index in [4.69, 9.17) is 0 Å². The molecule has 2 aromatic heterocycles. The van der Waals surface area contributed by atoms with E-state index in [1.807, 2.05) is 24.3 Å². The van der Waals surface area contributed by atoms with Crippen molar-refractivity contribution in [2.24, 2.45) is 0 Å². The summed E-state index contributed by atoms with van der Waals surface area (Å²) in [6.07, 6.45) is 3.47. The average molecular weight is 352 g/mol. The number of carbonyl (C=O) groups excluding carboxylic acids is 2. The van der Waals surface area contributed by atoms with E-state index in [-0.39, 0.29) is 37.0 Å². The largest absolute Gasteiger partial charge is 0.353 e. The van der Waals surface area contributed by atoms with E-state index in [9.17, 15) is 9.59 Å². The molecule has 0 spiro atoms. The van der Waals surface area contributed by atoms with Crippen LogP contribution in [0.15, 0.2) is 36.7 Å². The van der Waals surface area contributed by atoms with Crippen LogP contribution in [-0.4, -0.2) is 48.0 Å². The second kappa shape index (κ2) is 7.19. The number of nitrogens with one attached hydrogen (secondary N) is 4. The van der Waals surface area contributed by atoms with Crippen molar-refractivity contribution in [3.05, 3.63) is 47.8 Å². The van der Waals surface area contributed by atoms with Crippen LogP contribution in [0.4, 0.5) is 0 Å². The molecule has 1 aliphatic heterocycles. The van der Waals surface area contributed by atoms with Crippen LogP contribution in [0.1, 0.15) is 23.2 Å². The van der Waals surface area contributed by atoms with Gasteiger partial charge in [-0.1, -0.05) is 12.1 Å². The molecule has 1 aliphatic carbocycles. The van der Waals surface area contributed by atoms with Crippen LogP contribution < -0.4 is 21.3 Å². The van der Waals surface area contributed by atoms with Gasteiger partial charge in [-0.15, -0.1) is 0 Å². The summed E-state index contributed by atoms with van der Waals surface area (Å²) in [7, 11) is 0. The summed E-state index contributed by atoms with van der Waals surface area (Å²) < 4.78 is 0. The number of aromatic nitrogens is 2. The zero-order chi connectivity index (χ0) is 17.9. The van der Waals surface area contributed by atoms with Crippen LogP contribution in [0.5, 0.6) is 0 Å². The summed E-state index contributed by atoms with van der Waals surface area (Å²) in [5, 5.41) is 12.2. The molecular weight excluding hydrogens is 332 g/mol. The normalized spacial score (nSPS) is 23.2. The van der Waals surface area contributed by atoms with Crippen molar-refractivity contribution in [3.8, 4) is 11.4 Å². The fourth-order valence-electron chi connectivity index (χ4n) is 3.48. The molecular formula is C18H20N6O2. The van der Waals surface area contributed by atoms with E-state index in [0.717, 1.165) is 22.5 Å². The molecule has 2 amide bonds. The highest BCUT2D eigenvalue weighted by atomic mass is 16.2. The number of amides is 2. The highest BCUT2D eigenvalue weighted by Crippen LogP contribution is 2.42. The van der Waals surface area contributed by atoms with Gasteiger partial charge in [0.15, 0.2) is 0 Å². The lowest BCUT2D eigenvalue weighted by Gasteiger charge is -2.35. The van der Waals surface area contributed by atoms with Gasteiger partial charge in [0.25, 0.3) is 0 Å². The molecule has 4 N–H and O–H groups in total. The summed E-state index contributed by atoms with van der Waals surface area (Å²) in [5.41, 5.74) is 3.52. The molecule has 3 heterocycles. The van der Waals surface area contributed by atoms with Crippen LogP contribution in [0.3, 0.4) is 0 Å². The van der Waals surface area contributed by atoms with Crippen LogP contribution in [0.2, 0.25) is 0 Å². The third-order valence-electron chi connectivity index (χ3n) is 4.64. The molecule has 26 heavy (non-hydrogen) atoms. The number of hydrogen-bond acceptors (Lipinski definition) is 6. The maximum atomic E-state index is 12.1. The zero-order valence-electron chi connectivity index (χ0n) is 14.2. The Bertz CT molecular complexity index is 770. The van der Waals surface area contributed by atoms with E-state index < -0.39 is 0 Å². The van der Waals surface area contributed by atoms with E-state index in [0.29, 0.717) is 13.1 Å². The molecule has 2 aliphatic rings. The van der Waals surface area contributed by atoms with Gasteiger partial charge in [0.2, 0.25) is 11.8 Å². The highest BCUT2D eigenvalue weighted by molar-refractivity contribution is 5.80. The number of pyridine rings is 2. The molecule has 8 nitrogen and oxygen atoms in total. The summed E-state index contributed by atoms with van der Waals surface area (Å²) in [6.45, 7) is 1.18. The summed E-state index contributed by atoms with van der Waals surface area (Å²) in [6, 6.07) is 7.30. The van der Waals surface area contributed by atoms with Gasteiger partial charge in [0.1, 0.15) is 0 Å². The molecule has 2 aromatic rings. The molecule has 0 saturated carbocycles. The Morgan fingerprint density at radius 2 is 1.23 bits per heavy atom. The average Bonchev–Trinajstić information content (AvgIpc) is 2.67. The monoisotopic (exact) mass is 352 g/mol. The number of carbonyl (C=O) groups is 2. The molecule has 8 heteroatoms. The summed E-state index contributed by atoms with van der Waals surface area (Å²) >= 11 is 0. The zero-order valence-corrected chi connectivity index (χ0v) is 14.2. The highest BCUT2D eigenvalue weighted by Gasteiger charge is 2.35. The molecule has 1 saturated heterocycles. The Labute approximate surface area is 150 Å². The van der Waals surface area contributed by atoms with Crippen molar-refractivity contribution >= 4 is 11.8 Å². The number of rotatable bonds is 0. The minimum Gasteiger partial charge on any atom is -0.353 e. The maximum absolute atomic E-state index is 12.1. The van der Waals surface area contributed by atoms with E-state index >= 15 is 0 Å². The van der Waals surface area contributed by atoms with Crippen LogP contribution >= 0.6 is 0 Å². The van der Waals surface area contributed by atoms with Gasteiger partial charge >= 0.3 is 0 Å². The third kappa shape index (κ3) is 3.16. The van der Waals surface area contributed by atoms with Crippen molar-refractivity contribution < 1.29 is 9.59 Å². The second-order valence-corrected chi connectivity index (χ2v) is 6.30. The third-order valence-corrected chi connectivity index (χ3v) is 4.64. The number of nitrogens with zero attached hydrogens (tertiary/aromatic N) is 2. The van der Waals surface area contributed by atoms with Gasteiger partial charge in [-0.05, 0) is 23.3 Å². The van der Waals surface area contributed by atoms with Gasteiger partial charge < -0.3 is 10.6 Å². The Hall–Kier alpha value is -2.84. The molecule has 2 atom stereocenters. The molecule has 0 aromatic carbocycles. The first kappa shape index (κ1) is 16.6. The first-order chi connectivity index (χ1) is 12.7. The van der Waals surface area contributed by atoms with E-state index in [1.165, 1.54) is 0 Å². The molecule has 0 bridgehead atoms. The first-order valence-corrected chi connectivity index (χ1v) is 8.64. The van der Waals surface area contributed by atoms with Crippen LogP contribution in [-0.2, 0) is 9.59 Å². The van der Waals surface area contributed by atoms with Crippen molar-refractivity contribution in [1.82, 2.24) is 31.2 Å². The number of hydrogen-bond donors (Lipinski definition) is 4. The first-order valence-electron chi connectivity index (χ1n) is 8.64. The van der Waals surface area contributed by atoms with Gasteiger partial charge in [-0.25, -0.2) is 0 Å². The van der Waals surface area contributed by atoms with Crippen molar-refractivity contribution in [2.45, 2.75) is 12.1 Å². The van der Waals surface area contributed by atoms with Crippen molar-refractivity contribution in [1.29, 1.82) is 0 Å². The van der Waals surface area contributed by atoms with Crippen molar-refractivity contribution in [3.63, 3.8) is 0 Å². The fourth-order valence-corrected chi connectivity index (χ4v) is 3.48. The smallest absolute Gasteiger partial charge is 0.234 e. The van der Waals surface area contributed by atoms with Crippen LogP contribution in [0.25, 0.3) is 11.4 Å². The maximum Gasteiger partial charge on any atom is 0.234 e. The topological polar surface area (TPSA) is 108 Å². The van der Waals surface area contributed by atoms with Gasteiger partial charge in [-0.3, -0.25) is 30.2 Å². The van der Waals surface area contributed by atoms with E-state index in [1.54, 1.807) is 12.4 Å². The lowest BCUT2D eigenvalue weighted by molar-refractivity contribution is -0.122. The predicted octanol–water partition coefficient (Wildman–Crippen LogP) is -0.335. The van der Waals surface area contributed by atoms with Crippen molar-refractivity contribution in [2.75, 3.05) is 26.2 Å². The Morgan fingerprint density at radius 3 is 1.69 bits per heavy atom. The molecule has 0 radical (unpaired) electrons. The lowest BCUT2D eigenvalue weighted by Crippen LogP contribution is -2.47. The number of fused-ring (bicyclic) bond motifs is 6.